The molecule has 6 N–H and O–H groups in total. The summed E-state index contributed by atoms with van der Waals surface area (Å²) >= 11 is 1.53. The highest BCUT2D eigenvalue weighted by Crippen LogP contribution is 2.60. The van der Waals surface area contributed by atoms with Gasteiger partial charge in [0.15, 0.2) is 0 Å². The predicted molar refractivity (Wildman–Crippen MR) is 292 cm³/mol. The summed E-state index contributed by atoms with van der Waals surface area (Å²) in [6.45, 7) is 11.9. The number of phenols is 1. The number of β-amino-alcohol motifs (C(OH)–C–C–N with tert-alkyl or cyclic N) is 1. The monoisotopic (exact) mass is 1030 g/mol. The molecule has 2 unspecified atom stereocenters. The van der Waals surface area contributed by atoms with Crippen molar-refractivity contribution in [3.8, 4) is 27.6 Å². The minimum absolute atomic E-state index is 0.0346. The van der Waals surface area contributed by atoms with Gasteiger partial charge < -0.3 is 41.3 Å². The Morgan fingerprint density at radius 1 is 0.853 bits per heavy atom. The maximum atomic E-state index is 14.4. The van der Waals surface area contributed by atoms with Crippen molar-refractivity contribution < 1.29 is 24.6 Å². The normalized spacial score (nSPS) is 27.6. The number of aliphatic hydroxyl groups excluding tert-OH is 1. The van der Waals surface area contributed by atoms with Crippen LogP contribution in [0.25, 0.3) is 21.8 Å². The Hall–Kier alpha value is -5.97. The summed E-state index contributed by atoms with van der Waals surface area (Å²) in [6.07, 6.45) is 12.8. The molecule has 2 saturated carbocycles. The molecular weight excluding hydrogens is 961 g/mol. The fourth-order valence-corrected chi connectivity index (χ4v) is 14.7. The number of fused-ring (bicyclic) bond motifs is 2. The van der Waals surface area contributed by atoms with E-state index in [1.54, 1.807) is 17.8 Å². The quantitative estimate of drug-likeness (QED) is 0.0756. The Labute approximate surface area is 445 Å². The van der Waals surface area contributed by atoms with Gasteiger partial charge in [0.2, 0.25) is 17.7 Å². The van der Waals surface area contributed by atoms with Crippen LogP contribution < -0.4 is 21.3 Å². The van der Waals surface area contributed by atoms with E-state index in [0.29, 0.717) is 47.0 Å². The number of aliphatic hydroxyl groups is 1. The zero-order valence-electron chi connectivity index (χ0n) is 44.1. The Morgan fingerprint density at radius 2 is 1.57 bits per heavy atom. The van der Waals surface area contributed by atoms with Crippen molar-refractivity contribution in [2.45, 2.75) is 160 Å². The molecular formula is C59H74N10O5S. The first-order valence-corrected chi connectivity index (χ1v) is 28.4. The molecule has 15 nitrogen and oxygen atoms in total. The van der Waals surface area contributed by atoms with E-state index in [4.69, 9.17) is 5.73 Å². The summed E-state index contributed by atoms with van der Waals surface area (Å²) in [7, 11) is 0. The Kier molecular flexibility index (Phi) is 14.0. The lowest BCUT2D eigenvalue weighted by molar-refractivity contribution is -0.150. The number of para-hydroxylation sites is 1. The van der Waals surface area contributed by atoms with Gasteiger partial charge in [0.1, 0.15) is 23.7 Å². The third kappa shape index (κ3) is 10.4. The highest BCUT2D eigenvalue weighted by atomic mass is 32.1. The number of aryl methyl sites for hydroxylation is 1. The molecule has 75 heavy (non-hydrogen) atoms. The molecule has 2 aromatic carbocycles. The summed E-state index contributed by atoms with van der Waals surface area (Å²) in [5.74, 6) is 0.835. The second-order valence-corrected chi connectivity index (χ2v) is 25.1. The first kappa shape index (κ1) is 51.2. The molecule has 3 aromatic heterocycles. The van der Waals surface area contributed by atoms with Crippen LogP contribution in [0.1, 0.15) is 133 Å². The summed E-state index contributed by atoms with van der Waals surface area (Å²) < 4.78 is 0. The fraction of sp³-hybridized carbons (Fsp3) is 0.542. The number of hydrogen-bond donors (Lipinski definition) is 5. The van der Waals surface area contributed by atoms with E-state index in [2.05, 4.69) is 64.9 Å². The number of piperidine rings is 2. The lowest BCUT2D eigenvalue weighted by Gasteiger charge is -2.60. The number of nitrogen functional groups attached to an aromatic ring is 1. The summed E-state index contributed by atoms with van der Waals surface area (Å²) in [5.41, 5.74) is 15.4. The number of phenolic OH excluding ortho intramolecular Hbond substituents is 1. The van der Waals surface area contributed by atoms with E-state index in [1.165, 1.54) is 40.3 Å². The number of pyridine rings is 1. The van der Waals surface area contributed by atoms with Crippen molar-refractivity contribution in [2.24, 2.45) is 22.7 Å². The number of benzene rings is 2. The van der Waals surface area contributed by atoms with Crippen molar-refractivity contribution >= 4 is 40.6 Å². The van der Waals surface area contributed by atoms with Gasteiger partial charge in [0, 0.05) is 54.5 Å². The second kappa shape index (κ2) is 20.5. The zero-order chi connectivity index (χ0) is 52.3. The van der Waals surface area contributed by atoms with Gasteiger partial charge in [0.05, 0.1) is 39.6 Å². The summed E-state index contributed by atoms with van der Waals surface area (Å²) in [5, 5.41) is 36.0. The van der Waals surface area contributed by atoms with E-state index >= 15 is 0 Å². The van der Waals surface area contributed by atoms with E-state index in [0.717, 1.165) is 98.3 Å². The number of nitrogens with one attached hydrogen (secondary N) is 2. The fourth-order valence-electron chi connectivity index (χ4n) is 14.0. The number of carbonyl (C=O) groups is 3. The SMILES string of the molecule is Cc1ncsc1-c1ccc([C@H](C)NC(=O)[C@@H]2C[C@@H](O)CN2C(=O)[C@@H](NC(=O)[C@H]2CC3(C2)C[C@H](N2CCC(c4ccc(N5C6CCC5CC(Cc5cc(-c7ccccc7O)nnc5N)C6)cc4)CC2)C3)C(C)(C)C)cn1. The van der Waals surface area contributed by atoms with Crippen molar-refractivity contribution in [1.29, 1.82) is 0 Å². The van der Waals surface area contributed by atoms with Crippen molar-refractivity contribution in [3.63, 3.8) is 0 Å². The van der Waals surface area contributed by atoms with Gasteiger partial charge in [-0.25, -0.2) is 4.98 Å². The van der Waals surface area contributed by atoms with Gasteiger partial charge >= 0.3 is 0 Å². The molecule has 4 aliphatic heterocycles. The predicted octanol–water partition coefficient (Wildman–Crippen LogP) is 8.36. The van der Waals surface area contributed by atoms with Crippen LogP contribution >= 0.6 is 11.3 Å². The van der Waals surface area contributed by atoms with Crippen LogP contribution in [-0.4, -0.2) is 114 Å². The highest BCUT2D eigenvalue weighted by molar-refractivity contribution is 7.13. The number of nitrogens with two attached hydrogens (primary N) is 1. The largest absolute Gasteiger partial charge is 0.507 e. The number of aromatic nitrogens is 4. The Bertz CT molecular complexity index is 2870. The van der Waals surface area contributed by atoms with Gasteiger partial charge in [-0.15, -0.1) is 21.5 Å². The zero-order valence-corrected chi connectivity index (χ0v) is 44.9. The van der Waals surface area contributed by atoms with Crippen molar-refractivity contribution in [2.75, 3.05) is 30.3 Å². The first-order valence-electron chi connectivity index (χ1n) is 27.5. The third-order valence-electron chi connectivity index (χ3n) is 18.1. The number of thiazole rings is 1. The van der Waals surface area contributed by atoms with E-state index < -0.39 is 23.6 Å². The number of hydrogen-bond acceptors (Lipinski definition) is 13. The molecule has 6 aliphatic rings. The average molecular weight is 1040 g/mol. The molecule has 6 fully saturated rings. The Balaban J connectivity index is 0.627. The molecule has 7 heterocycles. The number of likely N-dealkylation sites (tertiary alicyclic amines) is 2. The lowest BCUT2D eigenvalue weighted by atomic mass is 9.49. The minimum atomic E-state index is -0.860. The molecule has 3 amide bonds. The minimum Gasteiger partial charge on any atom is -0.507 e. The molecule has 2 aliphatic carbocycles. The molecule has 2 bridgehead atoms. The van der Waals surface area contributed by atoms with Crippen LogP contribution in [0.3, 0.4) is 0 Å². The molecule has 4 saturated heterocycles. The van der Waals surface area contributed by atoms with Crippen LogP contribution in [0.4, 0.5) is 11.5 Å². The smallest absolute Gasteiger partial charge is 0.246 e. The Morgan fingerprint density at radius 3 is 2.23 bits per heavy atom. The molecule has 16 heteroatoms. The average Bonchev–Trinajstić information content (AvgIpc) is 4.09. The maximum Gasteiger partial charge on any atom is 0.246 e. The molecule has 396 valence electrons. The standard InChI is InChI=1S/C59H74N10O5S/c1-34(39-12-17-48(61-31-39)52-35(2)62-33-75-52)63-56(73)50-26-46(70)32-68(50)57(74)53(58(3,4)5)64-55(72)41-27-59(28-41)29-45(30-59)67-20-18-38(19-21-67)37-10-13-42(14-11-37)69-43-15-16-44(69)24-36(23-43)22-40-25-49(65-66-54(40)60)47-8-6-7-9-51(47)71/h6-14,17,25,31,33-34,36,38,41,43-46,50,53,70-71H,15-16,18-24,26-30,32H2,1-5H3,(H2,60,66)(H,63,73)(H,64,72)/t34-,36?,41-,43?,44?,45-,46+,50-,53+,59?/m0/s1. The van der Waals surface area contributed by atoms with Crippen LogP contribution in [-0.2, 0) is 20.8 Å². The van der Waals surface area contributed by atoms with E-state index in [1.807, 2.05) is 71.0 Å². The van der Waals surface area contributed by atoms with Crippen molar-refractivity contribution in [3.05, 3.63) is 101 Å². The first-order chi connectivity index (χ1) is 36.0. The topological polar surface area (TPSA) is 203 Å². The summed E-state index contributed by atoms with van der Waals surface area (Å²) in [6, 6.07) is 22.1. The number of rotatable bonds is 13. The van der Waals surface area contributed by atoms with Gasteiger partial charge in [-0.1, -0.05) is 51.1 Å². The number of amides is 3. The van der Waals surface area contributed by atoms with Gasteiger partial charge in [-0.2, -0.15) is 0 Å². The lowest BCUT2D eigenvalue weighted by Crippen LogP contribution is -2.62. The van der Waals surface area contributed by atoms with Crippen LogP contribution in [0.15, 0.2) is 78.4 Å². The van der Waals surface area contributed by atoms with Gasteiger partial charge in [-0.05, 0) is 173 Å². The molecule has 6 atom stereocenters. The van der Waals surface area contributed by atoms with Gasteiger partial charge in [0.25, 0.3) is 0 Å². The van der Waals surface area contributed by atoms with E-state index in [9.17, 15) is 24.6 Å². The summed E-state index contributed by atoms with van der Waals surface area (Å²) in [4.78, 5) is 58.9. The third-order valence-corrected chi connectivity index (χ3v) is 19.0. The maximum absolute atomic E-state index is 14.4. The van der Waals surface area contributed by atoms with Crippen LogP contribution in [0.5, 0.6) is 5.75 Å². The highest BCUT2D eigenvalue weighted by Gasteiger charge is 2.57. The molecule has 1 spiro atoms. The second-order valence-electron chi connectivity index (χ2n) is 24.2. The number of nitrogens with zero attached hydrogens (tertiary/aromatic N) is 7. The van der Waals surface area contributed by atoms with Crippen LogP contribution in [0.2, 0.25) is 0 Å². The van der Waals surface area contributed by atoms with Crippen LogP contribution in [0, 0.1) is 29.6 Å². The van der Waals surface area contributed by atoms with E-state index in [-0.39, 0.29) is 53.8 Å². The molecule has 0 radical (unpaired) electrons. The molecule has 5 aromatic rings. The number of aromatic hydroxyl groups is 1. The molecule has 11 rings (SSSR count). The van der Waals surface area contributed by atoms with Crippen molar-refractivity contribution in [1.82, 2.24) is 40.6 Å². The number of anilines is 2. The van der Waals surface area contributed by atoms with Gasteiger partial charge in [-0.3, -0.25) is 19.4 Å². The number of carbonyl (C=O) groups excluding carboxylic acids is 3.